The normalized spacial score (nSPS) is 13.5. The lowest BCUT2D eigenvalue weighted by Crippen LogP contribution is -2.51. The fourth-order valence-corrected chi connectivity index (χ4v) is 4.33. The number of hydrogen-bond donors (Lipinski definition) is 2. The van der Waals surface area contributed by atoms with Crippen LogP contribution in [0.3, 0.4) is 0 Å². The summed E-state index contributed by atoms with van der Waals surface area (Å²) in [6.07, 6.45) is 0. The summed E-state index contributed by atoms with van der Waals surface area (Å²) in [4.78, 5) is 47.5. The molecule has 0 atom stereocenters. The monoisotopic (exact) mass is 522 g/mol. The standard InChI is InChI=1S/C26H21F3N6O3/c1-14-11-15(27)5-6-16(14)23-17-7-8-21(37)35(24-18(28)3-2-4-19(24)29)25(17)33-26(32-23)31-12-22(38)34-10-9-30-20(36)13-34/h2-8,11H,9-10,12-13H2,1H3,(H,30,36)(H,31,32,33). The number of anilines is 1. The molecule has 0 bridgehead atoms. The maximum absolute atomic E-state index is 14.8. The Hall–Kier alpha value is -4.74. The Kier molecular flexibility index (Phi) is 6.53. The second-order valence-corrected chi connectivity index (χ2v) is 8.69. The van der Waals surface area contributed by atoms with E-state index < -0.39 is 34.6 Å². The quantitative estimate of drug-likeness (QED) is 0.417. The topological polar surface area (TPSA) is 109 Å². The van der Waals surface area contributed by atoms with Crippen LogP contribution in [0.5, 0.6) is 0 Å². The molecule has 0 saturated carbocycles. The predicted octanol–water partition coefficient (Wildman–Crippen LogP) is 2.54. The molecule has 194 valence electrons. The smallest absolute Gasteiger partial charge is 0.256 e. The number of fused-ring (bicyclic) bond motifs is 1. The van der Waals surface area contributed by atoms with Crippen LogP contribution < -0.4 is 16.2 Å². The molecule has 2 aromatic heterocycles. The van der Waals surface area contributed by atoms with Crippen LogP contribution in [-0.4, -0.2) is 57.4 Å². The second-order valence-electron chi connectivity index (χ2n) is 8.69. The molecule has 12 heteroatoms. The molecule has 1 fully saturated rings. The number of carbonyl (C=O) groups is 2. The average molecular weight is 522 g/mol. The second kappa shape index (κ2) is 9.96. The van der Waals surface area contributed by atoms with Crippen molar-refractivity contribution in [1.29, 1.82) is 0 Å². The number of nitrogens with zero attached hydrogens (tertiary/aromatic N) is 4. The van der Waals surface area contributed by atoms with Gasteiger partial charge in [-0.3, -0.25) is 19.0 Å². The van der Waals surface area contributed by atoms with Gasteiger partial charge in [0.05, 0.1) is 18.8 Å². The predicted molar refractivity (Wildman–Crippen MR) is 133 cm³/mol. The maximum atomic E-state index is 14.8. The molecule has 3 heterocycles. The van der Waals surface area contributed by atoms with Gasteiger partial charge in [0, 0.05) is 30.1 Å². The average Bonchev–Trinajstić information content (AvgIpc) is 2.88. The van der Waals surface area contributed by atoms with Gasteiger partial charge in [0.1, 0.15) is 23.1 Å². The Morgan fingerprint density at radius 2 is 1.82 bits per heavy atom. The van der Waals surface area contributed by atoms with Crippen LogP contribution in [0.4, 0.5) is 19.1 Å². The van der Waals surface area contributed by atoms with E-state index in [1.54, 1.807) is 6.92 Å². The van der Waals surface area contributed by atoms with Gasteiger partial charge in [-0.1, -0.05) is 6.07 Å². The van der Waals surface area contributed by atoms with Gasteiger partial charge in [0.2, 0.25) is 17.8 Å². The Morgan fingerprint density at radius 1 is 1.05 bits per heavy atom. The summed E-state index contributed by atoms with van der Waals surface area (Å²) < 4.78 is 44.2. The SMILES string of the molecule is Cc1cc(F)ccc1-c1nc(NCC(=O)N2CCNC(=O)C2)nc2c1ccc(=O)n2-c1c(F)cccc1F. The van der Waals surface area contributed by atoms with E-state index >= 15 is 0 Å². The molecule has 0 aliphatic carbocycles. The first-order valence-corrected chi connectivity index (χ1v) is 11.7. The number of piperazine rings is 1. The number of para-hydroxylation sites is 1. The van der Waals surface area contributed by atoms with Crippen molar-refractivity contribution >= 4 is 28.8 Å². The fourth-order valence-electron chi connectivity index (χ4n) is 4.33. The molecule has 9 nitrogen and oxygen atoms in total. The van der Waals surface area contributed by atoms with Crippen LogP contribution in [0.2, 0.25) is 0 Å². The van der Waals surface area contributed by atoms with Gasteiger partial charge in [0.15, 0.2) is 5.65 Å². The van der Waals surface area contributed by atoms with E-state index in [1.807, 2.05) is 0 Å². The van der Waals surface area contributed by atoms with Crippen LogP contribution >= 0.6 is 0 Å². The summed E-state index contributed by atoms with van der Waals surface area (Å²) >= 11 is 0. The third-order valence-corrected chi connectivity index (χ3v) is 6.14. The molecule has 0 radical (unpaired) electrons. The van der Waals surface area contributed by atoms with Gasteiger partial charge < -0.3 is 15.5 Å². The zero-order valence-corrected chi connectivity index (χ0v) is 20.1. The van der Waals surface area contributed by atoms with Crippen molar-refractivity contribution in [1.82, 2.24) is 24.8 Å². The van der Waals surface area contributed by atoms with Crippen molar-refractivity contribution in [3.8, 4) is 16.9 Å². The van der Waals surface area contributed by atoms with Crippen molar-refractivity contribution in [3.05, 3.63) is 81.9 Å². The molecule has 0 unspecified atom stereocenters. The molecule has 1 saturated heterocycles. The molecule has 4 aromatic rings. The first-order chi connectivity index (χ1) is 18.2. The largest absolute Gasteiger partial charge is 0.353 e. The first kappa shape index (κ1) is 24.9. The summed E-state index contributed by atoms with van der Waals surface area (Å²) in [7, 11) is 0. The van der Waals surface area contributed by atoms with Gasteiger partial charge in [-0.2, -0.15) is 4.98 Å². The van der Waals surface area contributed by atoms with Crippen LogP contribution in [0, 0.1) is 24.4 Å². The van der Waals surface area contributed by atoms with Crippen molar-refractivity contribution < 1.29 is 22.8 Å². The number of aryl methyl sites for hydroxylation is 1. The summed E-state index contributed by atoms with van der Waals surface area (Å²) in [5, 5.41) is 5.70. The van der Waals surface area contributed by atoms with Gasteiger partial charge in [0.25, 0.3) is 5.56 Å². The minimum atomic E-state index is -0.981. The van der Waals surface area contributed by atoms with E-state index in [0.717, 1.165) is 22.8 Å². The van der Waals surface area contributed by atoms with E-state index in [0.29, 0.717) is 24.2 Å². The van der Waals surface area contributed by atoms with Crippen LogP contribution in [0.25, 0.3) is 28.0 Å². The number of nitrogens with one attached hydrogen (secondary N) is 2. The molecule has 2 aromatic carbocycles. The number of rotatable bonds is 5. The molecule has 1 aliphatic rings. The third kappa shape index (κ3) is 4.67. The number of pyridine rings is 1. The lowest BCUT2D eigenvalue weighted by atomic mass is 10.0. The molecule has 1 aliphatic heterocycles. The Bertz CT molecular complexity index is 1640. The molecular formula is C26H21F3N6O3. The summed E-state index contributed by atoms with van der Waals surface area (Å²) in [6.45, 7) is 1.94. The number of aromatic nitrogens is 3. The number of benzene rings is 2. The van der Waals surface area contributed by atoms with E-state index in [2.05, 4.69) is 20.6 Å². The molecular weight excluding hydrogens is 501 g/mol. The minimum Gasteiger partial charge on any atom is -0.353 e. The van der Waals surface area contributed by atoms with Crippen molar-refractivity contribution in [3.63, 3.8) is 0 Å². The Morgan fingerprint density at radius 3 is 2.53 bits per heavy atom. The highest BCUT2D eigenvalue weighted by atomic mass is 19.1. The van der Waals surface area contributed by atoms with Crippen LogP contribution in [0.15, 0.2) is 53.3 Å². The number of amides is 2. The van der Waals surface area contributed by atoms with E-state index in [1.165, 1.54) is 35.2 Å². The summed E-state index contributed by atoms with van der Waals surface area (Å²) in [5.74, 6) is -3.21. The highest BCUT2D eigenvalue weighted by Gasteiger charge is 2.23. The van der Waals surface area contributed by atoms with Crippen molar-refractivity contribution in [2.45, 2.75) is 6.92 Å². The third-order valence-electron chi connectivity index (χ3n) is 6.14. The molecule has 0 spiro atoms. The van der Waals surface area contributed by atoms with E-state index in [4.69, 9.17) is 0 Å². The van der Waals surface area contributed by atoms with Crippen molar-refractivity contribution in [2.24, 2.45) is 0 Å². The molecule has 2 amide bonds. The van der Waals surface area contributed by atoms with Gasteiger partial charge in [-0.15, -0.1) is 0 Å². The highest BCUT2D eigenvalue weighted by molar-refractivity contribution is 5.93. The lowest BCUT2D eigenvalue weighted by Gasteiger charge is -2.26. The van der Waals surface area contributed by atoms with Gasteiger partial charge in [-0.25, -0.2) is 18.2 Å². The van der Waals surface area contributed by atoms with Gasteiger partial charge >= 0.3 is 0 Å². The van der Waals surface area contributed by atoms with Crippen LogP contribution in [-0.2, 0) is 9.59 Å². The fraction of sp³-hybridized carbons (Fsp3) is 0.192. The number of carbonyl (C=O) groups excluding carboxylic acids is 2. The van der Waals surface area contributed by atoms with Crippen molar-refractivity contribution in [2.75, 3.05) is 31.5 Å². The Labute approximate surface area is 213 Å². The number of hydrogen-bond acceptors (Lipinski definition) is 6. The van der Waals surface area contributed by atoms with E-state index in [9.17, 15) is 27.6 Å². The summed E-state index contributed by atoms with van der Waals surface area (Å²) in [6, 6.07) is 9.79. The summed E-state index contributed by atoms with van der Waals surface area (Å²) in [5.41, 5.74) is -0.234. The van der Waals surface area contributed by atoms with E-state index in [-0.39, 0.29) is 41.7 Å². The zero-order valence-electron chi connectivity index (χ0n) is 20.1. The number of halogens is 3. The molecule has 5 rings (SSSR count). The molecule has 2 N–H and O–H groups in total. The first-order valence-electron chi connectivity index (χ1n) is 11.7. The minimum absolute atomic E-state index is 0.0920. The van der Waals surface area contributed by atoms with Crippen LogP contribution in [0.1, 0.15) is 5.56 Å². The zero-order chi connectivity index (χ0) is 27.0. The lowest BCUT2D eigenvalue weighted by molar-refractivity contribution is -0.136. The maximum Gasteiger partial charge on any atom is 0.256 e. The highest BCUT2D eigenvalue weighted by Crippen LogP contribution is 2.31. The Balaban J connectivity index is 1.67. The van der Waals surface area contributed by atoms with Gasteiger partial charge in [-0.05, 0) is 48.9 Å². The molecule has 38 heavy (non-hydrogen) atoms.